The second-order valence-corrected chi connectivity index (χ2v) is 6.08. The van der Waals surface area contributed by atoms with Gasteiger partial charge in [-0.3, -0.25) is 9.59 Å². The summed E-state index contributed by atoms with van der Waals surface area (Å²) < 4.78 is 0. The van der Waals surface area contributed by atoms with Crippen LogP contribution in [0.2, 0.25) is 0 Å². The fourth-order valence-electron chi connectivity index (χ4n) is 3.07. The number of nitrogens with one attached hydrogen (secondary N) is 1. The van der Waals surface area contributed by atoms with E-state index in [-0.39, 0.29) is 25.0 Å². The predicted octanol–water partition coefficient (Wildman–Crippen LogP) is 1.88. The first kappa shape index (κ1) is 17.5. The fourth-order valence-corrected chi connectivity index (χ4v) is 3.07. The molecule has 0 aliphatic carbocycles. The molecule has 0 saturated heterocycles. The molecule has 2 rings (SSSR count). The van der Waals surface area contributed by atoms with Crippen molar-refractivity contribution in [1.82, 2.24) is 5.32 Å². The Hall–Kier alpha value is -1.88. The molecule has 1 aliphatic heterocycles. The van der Waals surface area contributed by atoms with Crippen LogP contribution < -0.4 is 10.2 Å². The van der Waals surface area contributed by atoms with Gasteiger partial charge < -0.3 is 15.3 Å². The summed E-state index contributed by atoms with van der Waals surface area (Å²) in [6.07, 6.45) is 3.89. The van der Waals surface area contributed by atoms with Gasteiger partial charge in [-0.1, -0.05) is 31.5 Å². The van der Waals surface area contributed by atoms with Crippen LogP contribution in [0.1, 0.15) is 38.2 Å². The van der Waals surface area contributed by atoms with E-state index in [1.165, 1.54) is 0 Å². The van der Waals surface area contributed by atoms with Crippen molar-refractivity contribution in [1.29, 1.82) is 0 Å². The lowest BCUT2D eigenvalue weighted by Crippen LogP contribution is -2.44. The Morgan fingerprint density at radius 2 is 2.09 bits per heavy atom. The van der Waals surface area contributed by atoms with Crippen molar-refractivity contribution in [2.24, 2.45) is 5.92 Å². The van der Waals surface area contributed by atoms with Gasteiger partial charge in [-0.25, -0.2) is 0 Å². The Kier molecular flexibility index (Phi) is 6.59. The van der Waals surface area contributed by atoms with Crippen molar-refractivity contribution in [3.63, 3.8) is 0 Å². The van der Waals surface area contributed by atoms with Gasteiger partial charge in [-0.05, 0) is 36.8 Å². The quantitative estimate of drug-likeness (QED) is 0.769. The standard InChI is InChI=1S/C18H26N2O3/c1-2-5-14(10-11-21)12-19-17(22)13-20-16-7-4-3-6-15(16)8-9-18(20)23/h3-4,6-7,14,21H,2,5,8-13H2,1H3,(H,19,22). The summed E-state index contributed by atoms with van der Waals surface area (Å²) in [6.45, 7) is 2.85. The molecule has 2 N–H and O–H groups in total. The van der Waals surface area contributed by atoms with Crippen LogP contribution in [0.4, 0.5) is 5.69 Å². The lowest BCUT2D eigenvalue weighted by atomic mass is 10.00. The predicted molar refractivity (Wildman–Crippen MR) is 90.2 cm³/mol. The summed E-state index contributed by atoms with van der Waals surface area (Å²) in [5.41, 5.74) is 1.96. The van der Waals surface area contributed by atoms with E-state index in [9.17, 15) is 9.59 Å². The number of benzene rings is 1. The number of aliphatic hydroxyl groups excluding tert-OH is 1. The van der Waals surface area contributed by atoms with Gasteiger partial charge in [0.15, 0.2) is 0 Å². The average molecular weight is 318 g/mol. The molecule has 0 fully saturated rings. The summed E-state index contributed by atoms with van der Waals surface area (Å²) in [5.74, 6) is 0.145. The summed E-state index contributed by atoms with van der Waals surface area (Å²) in [5, 5.41) is 12.0. The van der Waals surface area contributed by atoms with Gasteiger partial charge in [0.25, 0.3) is 0 Å². The van der Waals surface area contributed by atoms with E-state index < -0.39 is 0 Å². The van der Waals surface area contributed by atoms with Crippen molar-refractivity contribution < 1.29 is 14.7 Å². The lowest BCUT2D eigenvalue weighted by Gasteiger charge is -2.29. The summed E-state index contributed by atoms with van der Waals surface area (Å²) in [4.78, 5) is 25.9. The Bertz CT molecular complexity index is 539. The molecule has 0 spiro atoms. The molecule has 0 aromatic heterocycles. The monoisotopic (exact) mass is 318 g/mol. The Morgan fingerprint density at radius 3 is 2.83 bits per heavy atom. The third-order valence-electron chi connectivity index (χ3n) is 4.32. The van der Waals surface area contributed by atoms with Crippen LogP contribution in [0.25, 0.3) is 0 Å². The van der Waals surface area contributed by atoms with Crippen LogP contribution in [0.3, 0.4) is 0 Å². The normalized spacial score (nSPS) is 15.2. The van der Waals surface area contributed by atoms with Gasteiger partial charge in [0.05, 0.1) is 0 Å². The van der Waals surface area contributed by atoms with Crippen LogP contribution in [0.15, 0.2) is 24.3 Å². The molecule has 2 amide bonds. The summed E-state index contributed by atoms with van der Waals surface area (Å²) >= 11 is 0. The third-order valence-corrected chi connectivity index (χ3v) is 4.32. The highest BCUT2D eigenvalue weighted by molar-refractivity contribution is 6.00. The highest BCUT2D eigenvalue weighted by Crippen LogP contribution is 2.27. The molecule has 0 radical (unpaired) electrons. The van der Waals surface area contributed by atoms with Crippen LogP contribution in [-0.4, -0.2) is 36.6 Å². The van der Waals surface area contributed by atoms with Crippen LogP contribution in [0.5, 0.6) is 0 Å². The molecule has 1 unspecified atom stereocenters. The fraction of sp³-hybridized carbons (Fsp3) is 0.556. The molecular formula is C18H26N2O3. The second-order valence-electron chi connectivity index (χ2n) is 6.08. The minimum Gasteiger partial charge on any atom is -0.396 e. The van der Waals surface area contributed by atoms with E-state index in [1.807, 2.05) is 24.3 Å². The number of amides is 2. The summed E-state index contributed by atoms with van der Waals surface area (Å²) in [6, 6.07) is 7.74. The van der Waals surface area contributed by atoms with Gasteiger partial charge in [-0.2, -0.15) is 0 Å². The highest BCUT2D eigenvalue weighted by atomic mass is 16.3. The maximum Gasteiger partial charge on any atom is 0.240 e. The van der Waals surface area contributed by atoms with E-state index in [4.69, 9.17) is 5.11 Å². The number of fused-ring (bicyclic) bond motifs is 1. The number of aliphatic hydroxyl groups is 1. The van der Waals surface area contributed by atoms with E-state index in [1.54, 1.807) is 4.90 Å². The maximum atomic E-state index is 12.2. The number of hydrogen-bond donors (Lipinski definition) is 2. The van der Waals surface area contributed by atoms with Gasteiger partial charge >= 0.3 is 0 Å². The molecule has 0 bridgehead atoms. The third kappa shape index (κ3) is 4.79. The van der Waals surface area contributed by atoms with Gasteiger partial charge in [0.1, 0.15) is 6.54 Å². The van der Waals surface area contributed by atoms with E-state index in [2.05, 4.69) is 12.2 Å². The second kappa shape index (κ2) is 8.67. The first-order valence-corrected chi connectivity index (χ1v) is 8.41. The number of carbonyl (C=O) groups is 2. The average Bonchev–Trinajstić information content (AvgIpc) is 2.56. The Balaban J connectivity index is 1.93. The SMILES string of the molecule is CCCC(CCO)CNC(=O)CN1C(=O)CCc2ccccc21. The molecular weight excluding hydrogens is 292 g/mol. The van der Waals surface area contributed by atoms with Crippen molar-refractivity contribution in [2.75, 3.05) is 24.6 Å². The van der Waals surface area contributed by atoms with E-state index >= 15 is 0 Å². The first-order chi connectivity index (χ1) is 11.2. The largest absolute Gasteiger partial charge is 0.396 e. The number of hydrogen-bond acceptors (Lipinski definition) is 3. The molecule has 1 aliphatic rings. The number of aryl methyl sites for hydroxylation is 1. The van der Waals surface area contributed by atoms with Crippen molar-refractivity contribution in [3.8, 4) is 0 Å². The number of nitrogens with zero attached hydrogens (tertiary/aromatic N) is 1. The van der Waals surface area contributed by atoms with Crippen molar-refractivity contribution in [3.05, 3.63) is 29.8 Å². The van der Waals surface area contributed by atoms with Crippen LogP contribution in [-0.2, 0) is 16.0 Å². The number of para-hydroxylation sites is 1. The smallest absolute Gasteiger partial charge is 0.240 e. The minimum absolute atomic E-state index is 0.000633. The number of rotatable bonds is 8. The molecule has 23 heavy (non-hydrogen) atoms. The number of anilines is 1. The molecule has 1 atom stereocenters. The van der Waals surface area contributed by atoms with Crippen LogP contribution >= 0.6 is 0 Å². The van der Waals surface area contributed by atoms with Crippen molar-refractivity contribution in [2.45, 2.75) is 39.0 Å². The van der Waals surface area contributed by atoms with Crippen molar-refractivity contribution >= 4 is 17.5 Å². The zero-order valence-electron chi connectivity index (χ0n) is 13.8. The molecule has 1 aromatic carbocycles. The van der Waals surface area contributed by atoms with Gasteiger partial charge in [-0.15, -0.1) is 0 Å². The van der Waals surface area contributed by atoms with E-state index in [0.717, 1.165) is 30.5 Å². The first-order valence-electron chi connectivity index (χ1n) is 8.41. The van der Waals surface area contributed by atoms with Crippen LogP contribution in [0, 0.1) is 5.92 Å². The Morgan fingerprint density at radius 1 is 1.30 bits per heavy atom. The molecule has 1 heterocycles. The van der Waals surface area contributed by atoms with Gasteiger partial charge in [0, 0.05) is 25.3 Å². The minimum atomic E-state index is -0.144. The molecule has 1 aromatic rings. The summed E-state index contributed by atoms with van der Waals surface area (Å²) in [7, 11) is 0. The zero-order valence-corrected chi connectivity index (χ0v) is 13.8. The number of carbonyl (C=O) groups excluding carboxylic acids is 2. The molecule has 0 saturated carbocycles. The topological polar surface area (TPSA) is 69.6 Å². The molecule has 5 heteroatoms. The lowest BCUT2D eigenvalue weighted by molar-refractivity contribution is -0.124. The highest BCUT2D eigenvalue weighted by Gasteiger charge is 2.25. The molecule has 5 nitrogen and oxygen atoms in total. The Labute approximate surface area is 137 Å². The molecule has 126 valence electrons. The zero-order chi connectivity index (χ0) is 16.7. The van der Waals surface area contributed by atoms with E-state index in [0.29, 0.717) is 25.3 Å². The maximum absolute atomic E-state index is 12.2. The van der Waals surface area contributed by atoms with Gasteiger partial charge in [0.2, 0.25) is 11.8 Å².